The van der Waals surface area contributed by atoms with Crippen LogP contribution in [0.25, 0.3) is 0 Å². The zero-order valence-electron chi connectivity index (χ0n) is 12.8. The number of hydrogen-bond donors (Lipinski definition) is 0. The van der Waals surface area contributed by atoms with Crippen LogP contribution in [0.15, 0.2) is 24.3 Å². The van der Waals surface area contributed by atoms with Gasteiger partial charge in [-0.3, -0.25) is 4.79 Å². The molecule has 1 aliphatic heterocycles. The molecule has 2 rings (SSSR count). The minimum atomic E-state index is -0.620. The van der Waals surface area contributed by atoms with Crippen LogP contribution in [0.2, 0.25) is 0 Å². The molecule has 2 atom stereocenters. The summed E-state index contributed by atoms with van der Waals surface area (Å²) in [6, 6.07) is 7.95. The average Bonchev–Trinajstić information content (AvgIpc) is 2.86. The van der Waals surface area contributed by atoms with Gasteiger partial charge in [-0.1, -0.05) is 12.1 Å². The summed E-state index contributed by atoms with van der Waals surface area (Å²) in [5.41, 5.74) is 1.20. The van der Waals surface area contributed by atoms with E-state index in [1.54, 1.807) is 7.11 Å². The van der Waals surface area contributed by atoms with E-state index in [-0.39, 0.29) is 18.7 Å². The molecule has 1 aliphatic rings. The number of hydrogen-bond acceptors (Lipinski definition) is 5. The first-order valence-corrected chi connectivity index (χ1v) is 7.09. The molecule has 5 heteroatoms. The molecule has 0 saturated carbocycles. The molecular formula is C16H22O5. The molecule has 0 radical (unpaired) electrons. The van der Waals surface area contributed by atoms with Crippen LogP contribution >= 0.6 is 0 Å². The van der Waals surface area contributed by atoms with Crippen molar-refractivity contribution >= 4 is 5.97 Å². The van der Waals surface area contributed by atoms with Crippen molar-refractivity contribution in [2.75, 3.05) is 20.3 Å². The van der Waals surface area contributed by atoms with Crippen molar-refractivity contribution in [3.8, 4) is 5.75 Å². The number of methoxy groups -OCH3 is 1. The maximum Gasteiger partial charge on any atom is 0.302 e. The fourth-order valence-electron chi connectivity index (χ4n) is 2.28. The summed E-state index contributed by atoms with van der Waals surface area (Å²) in [5.74, 6) is -0.0738. The van der Waals surface area contributed by atoms with E-state index in [4.69, 9.17) is 18.9 Å². The fourth-order valence-corrected chi connectivity index (χ4v) is 2.28. The van der Waals surface area contributed by atoms with Gasteiger partial charge in [0.25, 0.3) is 0 Å². The van der Waals surface area contributed by atoms with Gasteiger partial charge in [-0.25, -0.2) is 0 Å². The van der Waals surface area contributed by atoms with Crippen LogP contribution in [-0.4, -0.2) is 38.2 Å². The quantitative estimate of drug-likeness (QED) is 0.754. The molecule has 1 aromatic rings. The molecule has 1 aromatic carbocycles. The van der Waals surface area contributed by atoms with Crippen molar-refractivity contribution in [3.63, 3.8) is 0 Å². The van der Waals surface area contributed by atoms with Gasteiger partial charge in [0.05, 0.1) is 13.7 Å². The third-order valence-corrected chi connectivity index (χ3v) is 3.49. The Morgan fingerprint density at radius 3 is 2.71 bits per heavy atom. The van der Waals surface area contributed by atoms with Crippen molar-refractivity contribution in [1.82, 2.24) is 0 Å². The van der Waals surface area contributed by atoms with Gasteiger partial charge in [0.15, 0.2) is 5.79 Å². The highest BCUT2D eigenvalue weighted by atomic mass is 16.7. The van der Waals surface area contributed by atoms with Crippen LogP contribution in [-0.2, 0) is 25.4 Å². The van der Waals surface area contributed by atoms with Crippen LogP contribution in [0, 0.1) is 0 Å². The van der Waals surface area contributed by atoms with E-state index >= 15 is 0 Å². The van der Waals surface area contributed by atoms with Gasteiger partial charge >= 0.3 is 5.97 Å². The highest BCUT2D eigenvalue weighted by Crippen LogP contribution is 2.28. The number of benzene rings is 1. The third-order valence-electron chi connectivity index (χ3n) is 3.49. The minimum absolute atomic E-state index is 0.185. The predicted octanol–water partition coefficient (Wildman–Crippen LogP) is 2.32. The maximum atomic E-state index is 10.8. The van der Waals surface area contributed by atoms with E-state index in [0.29, 0.717) is 6.61 Å². The fraction of sp³-hybridized carbons (Fsp3) is 0.562. The molecule has 1 heterocycles. The highest BCUT2D eigenvalue weighted by molar-refractivity contribution is 5.65. The topological polar surface area (TPSA) is 54.0 Å². The summed E-state index contributed by atoms with van der Waals surface area (Å²) in [6.45, 7) is 4.00. The van der Waals surface area contributed by atoms with Crippen molar-refractivity contribution < 1.29 is 23.7 Å². The first kappa shape index (κ1) is 15.8. The molecule has 0 spiro atoms. The Bertz CT molecular complexity index is 470. The second-order valence-corrected chi connectivity index (χ2v) is 5.34. The highest BCUT2D eigenvalue weighted by Gasteiger charge is 2.37. The van der Waals surface area contributed by atoms with Crippen molar-refractivity contribution in [1.29, 1.82) is 0 Å². The molecule has 1 fully saturated rings. The van der Waals surface area contributed by atoms with Crippen LogP contribution in [0.4, 0.5) is 0 Å². The second kappa shape index (κ2) is 6.91. The lowest BCUT2D eigenvalue weighted by molar-refractivity contribution is -0.168. The van der Waals surface area contributed by atoms with Gasteiger partial charge in [0.1, 0.15) is 18.5 Å². The van der Waals surface area contributed by atoms with Gasteiger partial charge < -0.3 is 18.9 Å². The number of esters is 1. The zero-order valence-corrected chi connectivity index (χ0v) is 12.8. The zero-order chi connectivity index (χ0) is 15.3. The Kier molecular flexibility index (Phi) is 5.20. The maximum absolute atomic E-state index is 10.8. The SMILES string of the molecule is COc1ccc(CC[C@]2(C)OC[C@H](COC(C)=O)O2)cc1. The first-order valence-electron chi connectivity index (χ1n) is 7.09. The van der Waals surface area contributed by atoms with Gasteiger partial charge in [-0.2, -0.15) is 0 Å². The standard InChI is InChI=1S/C16H22O5/c1-12(17)19-10-15-11-20-16(2,21-15)9-8-13-4-6-14(18-3)7-5-13/h4-7,15H,8-11H2,1-3H3/t15-,16+/m0/s1. The molecule has 1 saturated heterocycles. The largest absolute Gasteiger partial charge is 0.497 e. The lowest BCUT2D eigenvalue weighted by atomic mass is 10.1. The summed E-state index contributed by atoms with van der Waals surface area (Å²) >= 11 is 0. The third kappa shape index (κ3) is 4.72. The van der Waals surface area contributed by atoms with Gasteiger partial charge in [-0.15, -0.1) is 0 Å². The summed E-state index contributed by atoms with van der Waals surface area (Å²) in [5, 5.41) is 0. The lowest BCUT2D eigenvalue weighted by Crippen LogP contribution is -2.29. The Balaban J connectivity index is 1.80. The molecule has 21 heavy (non-hydrogen) atoms. The van der Waals surface area contributed by atoms with E-state index in [1.807, 2.05) is 31.2 Å². The predicted molar refractivity (Wildman–Crippen MR) is 77.2 cm³/mol. The number of rotatable bonds is 6. The van der Waals surface area contributed by atoms with Crippen LogP contribution in [0.3, 0.4) is 0 Å². The van der Waals surface area contributed by atoms with Crippen molar-refractivity contribution in [3.05, 3.63) is 29.8 Å². The molecule has 0 aromatic heterocycles. The number of carbonyl (C=O) groups is 1. The van der Waals surface area contributed by atoms with E-state index in [2.05, 4.69) is 0 Å². The monoisotopic (exact) mass is 294 g/mol. The Morgan fingerprint density at radius 1 is 1.38 bits per heavy atom. The second-order valence-electron chi connectivity index (χ2n) is 5.34. The smallest absolute Gasteiger partial charge is 0.302 e. The van der Waals surface area contributed by atoms with E-state index < -0.39 is 5.79 Å². The number of carbonyl (C=O) groups excluding carboxylic acids is 1. The molecule has 0 bridgehead atoms. The summed E-state index contributed by atoms with van der Waals surface area (Å²) in [4.78, 5) is 10.8. The van der Waals surface area contributed by atoms with E-state index in [0.717, 1.165) is 18.6 Å². The van der Waals surface area contributed by atoms with Crippen LogP contribution in [0.1, 0.15) is 25.8 Å². The molecule has 5 nitrogen and oxygen atoms in total. The Labute approximate surface area is 125 Å². The molecule has 0 aliphatic carbocycles. The van der Waals surface area contributed by atoms with Crippen LogP contribution in [0.5, 0.6) is 5.75 Å². The molecule has 0 N–H and O–H groups in total. The lowest BCUT2D eigenvalue weighted by Gasteiger charge is -2.23. The number of ether oxygens (including phenoxy) is 4. The first-order chi connectivity index (χ1) is 10.0. The van der Waals surface area contributed by atoms with Crippen LogP contribution < -0.4 is 4.74 Å². The normalized spacial score (nSPS) is 24.8. The van der Waals surface area contributed by atoms with E-state index in [9.17, 15) is 4.79 Å². The molecule has 0 unspecified atom stereocenters. The average molecular weight is 294 g/mol. The number of aryl methyl sites for hydroxylation is 1. The minimum Gasteiger partial charge on any atom is -0.497 e. The Morgan fingerprint density at radius 2 is 2.10 bits per heavy atom. The molecular weight excluding hydrogens is 272 g/mol. The summed E-state index contributed by atoms with van der Waals surface area (Å²) < 4.78 is 21.6. The van der Waals surface area contributed by atoms with E-state index in [1.165, 1.54) is 12.5 Å². The molecule has 116 valence electrons. The van der Waals surface area contributed by atoms with Crippen molar-refractivity contribution in [2.24, 2.45) is 0 Å². The van der Waals surface area contributed by atoms with Gasteiger partial charge in [0, 0.05) is 13.3 Å². The molecule has 0 amide bonds. The van der Waals surface area contributed by atoms with Gasteiger partial charge in [0.2, 0.25) is 0 Å². The summed E-state index contributed by atoms with van der Waals surface area (Å²) in [7, 11) is 1.65. The Hall–Kier alpha value is -1.59. The van der Waals surface area contributed by atoms with Gasteiger partial charge in [-0.05, 0) is 31.0 Å². The summed E-state index contributed by atoms with van der Waals surface area (Å²) in [6.07, 6.45) is 1.41. The van der Waals surface area contributed by atoms with Crippen molar-refractivity contribution in [2.45, 2.75) is 38.6 Å².